The number of carbonyl (C=O) groups excluding carboxylic acids is 2. The summed E-state index contributed by atoms with van der Waals surface area (Å²) in [5.74, 6) is 0.324. The topological polar surface area (TPSA) is 49.9 Å². The fourth-order valence-corrected chi connectivity index (χ4v) is 2.80. The van der Waals surface area contributed by atoms with Crippen LogP contribution in [-0.4, -0.2) is 53.6 Å². The molecule has 23 heavy (non-hydrogen) atoms. The molecule has 1 saturated heterocycles. The maximum absolute atomic E-state index is 12.7. The van der Waals surface area contributed by atoms with Crippen LogP contribution in [0.1, 0.15) is 53.4 Å². The molecular formula is C18H32N2O3. The SMILES string of the molecule is C=CCCCCN(C)C(=O)C1CC(C)CN1C(=O)OC(C)(C)C. The van der Waals surface area contributed by atoms with Gasteiger partial charge in [-0.1, -0.05) is 13.0 Å². The normalized spacial score (nSPS) is 21.2. The summed E-state index contributed by atoms with van der Waals surface area (Å²) in [5, 5.41) is 0. The second kappa shape index (κ2) is 8.37. The average molecular weight is 324 g/mol. The molecule has 0 saturated carbocycles. The van der Waals surface area contributed by atoms with E-state index >= 15 is 0 Å². The van der Waals surface area contributed by atoms with Gasteiger partial charge in [-0.25, -0.2) is 4.79 Å². The smallest absolute Gasteiger partial charge is 0.410 e. The van der Waals surface area contributed by atoms with E-state index in [9.17, 15) is 9.59 Å². The molecule has 0 aromatic carbocycles. The summed E-state index contributed by atoms with van der Waals surface area (Å²) < 4.78 is 5.45. The molecule has 0 radical (unpaired) electrons. The number of likely N-dealkylation sites (tertiary alicyclic amines) is 1. The minimum absolute atomic E-state index is 0.0128. The van der Waals surface area contributed by atoms with Gasteiger partial charge in [0, 0.05) is 20.1 Å². The number of unbranched alkanes of at least 4 members (excludes halogenated alkanes) is 2. The number of allylic oxidation sites excluding steroid dienone is 1. The molecule has 1 rings (SSSR count). The molecule has 132 valence electrons. The summed E-state index contributed by atoms with van der Waals surface area (Å²) in [4.78, 5) is 28.4. The van der Waals surface area contributed by atoms with Crippen LogP contribution in [0.3, 0.4) is 0 Å². The molecule has 5 heteroatoms. The quantitative estimate of drug-likeness (QED) is 0.555. The first kappa shape index (κ1) is 19.5. The summed E-state index contributed by atoms with van der Waals surface area (Å²) in [7, 11) is 1.81. The number of amides is 2. The third-order valence-corrected chi connectivity index (χ3v) is 3.95. The zero-order valence-electron chi connectivity index (χ0n) is 15.3. The van der Waals surface area contributed by atoms with Crippen molar-refractivity contribution in [1.82, 2.24) is 9.80 Å². The number of hydrogen-bond donors (Lipinski definition) is 0. The van der Waals surface area contributed by atoms with Gasteiger partial charge in [-0.05, 0) is 52.4 Å². The molecule has 1 fully saturated rings. The largest absolute Gasteiger partial charge is 0.444 e. The molecular weight excluding hydrogens is 292 g/mol. The Morgan fingerprint density at radius 1 is 1.35 bits per heavy atom. The third-order valence-electron chi connectivity index (χ3n) is 3.95. The third kappa shape index (κ3) is 6.24. The molecule has 2 unspecified atom stereocenters. The van der Waals surface area contributed by atoms with Crippen LogP contribution in [0.5, 0.6) is 0 Å². The summed E-state index contributed by atoms with van der Waals surface area (Å²) in [5.41, 5.74) is -0.549. The molecule has 1 heterocycles. The Balaban J connectivity index is 2.65. The van der Waals surface area contributed by atoms with Crippen molar-refractivity contribution in [2.24, 2.45) is 5.92 Å². The summed E-state index contributed by atoms with van der Waals surface area (Å²) in [6.45, 7) is 12.6. The maximum Gasteiger partial charge on any atom is 0.410 e. The molecule has 1 aliphatic rings. The van der Waals surface area contributed by atoms with Crippen molar-refractivity contribution in [1.29, 1.82) is 0 Å². The molecule has 0 aromatic heterocycles. The van der Waals surface area contributed by atoms with E-state index in [0.29, 0.717) is 25.4 Å². The summed E-state index contributed by atoms with van der Waals surface area (Å²) >= 11 is 0. The molecule has 2 amide bonds. The first-order chi connectivity index (χ1) is 10.7. The number of hydrogen-bond acceptors (Lipinski definition) is 3. The second-order valence-corrected chi connectivity index (χ2v) is 7.53. The van der Waals surface area contributed by atoms with Gasteiger partial charge in [-0.3, -0.25) is 9.69 Å². The number of rotatable bonds is 6. The molecule has 0 N–H and O–H groups in total. The lowest BCUT2D eigenvalue weighted by Gasteiger charge is -2.30. The van der Waals surface area contributed by atoms with E-state index in [1.807, 2.05) is 33.9 Å². The first-order valence-electron chi connectivity index (χ1n) is 8.51. The summed E-state index contributed by atoms with van der Waals surface area (Å²) in [6.07, 6.45) is 5.15. The fourth-order valence-electron chi connectivity index (χ4n) is 2.80. The monoisotopic (exact) mass is 324 g/mol. The number of carbonyl (C=O) groups is 2. The van der Waals surface area contributed by atoms with E-state index in [2.05, 4.69) is 13.5 Å². The van der Waals surface area contributed by atoms with E-state index < -0.39 is 11.6 Å². The molecule has 2 atom stereocenters. The minimum atomic E-state index is -0.549. The predicted molar refractivity (Wildman–Crippen MR) is 92.2 cm³/mol. The number of ether oxygens (including phenoxy) is 1. The Labute approximate surface area is 140 Å². The highest BCUT2D eigenvalue weighted by Gasteiger charge is 2.40. The van der Waals surface area contributed by atoms with E-state index in [4.69, 9.17) is 4.74 Å². The van der Waals surface area contributed by atoms with Crippen LogP contribution in [0.4, 0.5) is 4.79 Å². The van der Waals surface area contributed by atoms with Crippen LogP contribution < -0.4 is 0 Å². The number of nitrogens with zero attached hydrogens (tertiary/aromatic N) is 2. The lowest BCUT2D eigenvalue weighted by atomic mass is 10.1. The van der Waals surface area contributed by atoms with Gasteiger partial charge in [0.15, 0.2) is 0 Å². The lowest BCUT2D eigenvalue weighted by molar-refractivity contribution is -0.134. The van der Waals surface area contributed by atoms with Crippen molar-refractivity contribution >= 4 is 12.0 Å². The van der Waals surface area contributed by atoms with Crippen molar-refractivity contribution < 1.29 is 14.3 Å². The molecule has 1 aliphatic heterocycles. The highest BCUT2D eigenvalue weighted by molar-refractivity contribution is 5.86. The van der Waals surface area contributed by atoms with E-state index in [0.717, 1.165) is 19.3 Å². The van der Waals surface area contributed by atoms with E-state index in [-0.39, 0.29) is 12.0 Å². The standard InChI is InChI=1S/C18H32N2O3/c1-7-8-9-10-11-19(6)16(21)15-12-14(2)13-20(15)17(22)23-18(3,4)5/h7,14-15H,1,8-13H2,2-6H3. The Morgan fingerprint density at radius 2 is 2.00 bits per heavy atom. The zero-order valence-corrected chi connectivity index (χ0v) is 15.3. The van der Waals surface area contributed by atoms with Crippen LogP contribution in [0, 0.1) is 5.92 Å². The highest BCUT2D eigenvalue weighted by atomic mass is 16.6. The zero-order chi connectivity index (χ0) is 17.6. The van der Waals surface area contributed by atoms with E-state index in [1.54, 1.807) is 9.80 Å². The second-order valence-electron chi connectivity index (χ2n) is 7.53. The minimum Gasteiger partial charge on any atom is -0.444 e. The van der Waals surface area contributed by atoms with Gasteiger partial charge in [0.2, 0.25) is 5.91 Å². The van der Waals surface area contributed by atoms with Gasteiger partial charge >= 0.3 is 6.09 Å². The van der Waals surface area contributed by atoms with Crippen LogP contribution in [0.25, 0.3) is 0 Å². The van der Waals surface area contributed by atoms with Crippen molar-refractivity contribution in [3.63, 3.8) is 0 Å². The molecule has 5 nitrogen and oxygen atoms in total. The van der Waals surface area contributed by atoms with Crippen molar-refractivity contribution in [2.75, 3.05) is 20.1 Å². The van der Waals surface area contributed by atoms with Crippen LogP contribution in [-0.2, 0) is 9.53 Å². The van der Waals surface area contributed by atoms with Crippen LogP contribution >= 0.6 is 0 Å². The Bertz CT molecular complexity index is 428. The van der Waals surface area contributed by atoms with Crippen LogP contribution in [0.15, 0.2) is 12.7 Å². The predicted octanol–water partition coefficient (Wildman–Crippen LogP) is 3.45. The Hall–Kier alpha value is -1.52. The van der Waals surface area contributed by atoms with Crippen molar-refractivity contribution in [3.8, 4) is 0 Å². The molecule has 0 bridgehead atoms. The van der Waals surface area contributed by atoms with Crippen molar-refractivity contribution in [3.05, 3.63) is 12.7 Å². The lowest BCUT2D eigenvalue weighted by Crippen LogP contribution is -2.48. The van der Waals surface area contributed by atoms with Gasteiger partial charge < -0.3 is 9.64 Å². The highest BCUT2D eigenvalue weighted by Crippen LogP contribution is 2.26. The van der Waals surface area contributed by atoms with Gasteiger partial charge in [0.25, 0.3) is 0 Å². The van der Waals surface area contributed by atoms with Crippen molar-refractivity contribution in [2.45, 2.75) is 65.0 Å². The van der Waals surface area contributed by atoms with Gasteiger partial charge in [0.1, 0.15) is 11.6 Å². The Kier molecular flexibility index (Phi) is 7.10. The van der Waals surface area contributed by atoms with Gasteiger partial charge in [-0.15, -0.1) is 6.58 Å². The number of likely N-dealkylation sites (N-methyl/N-ethyl adjacent to an activating group) is 1. The van der Waals surface area contributed by atoms with Crippen LogP contribution in [0.2, 0.25) is 0 Å². The average Bonchev–Trinajstić information content (AvgIpc) is 2.83. The first-order valence-corrected chi connectivity index (χ1v) is 8.51. The van der Waals surface area contributed by atoms with Gasteiger partial charge in [0.05, 0.1) is 0 Å². The molecule has 0 spiro atoms. The fraction of sp³-hybridized carbons (Fsp3) is 0.778. The summed E-state index contributed by atoms with van der Waals surface area (Å²) in [6, 6.07) is -0.399. The Morgan fingerprint density at radius 3 is 2.57 bits per heavy atom. The van der Waals surface area contributed by atoms with E-state index in [1.165, 1.54) is 0 Å². The maximum atomic E-state index is 12.7. The van der Waals surface area contributed by atoms with Gasteiger partial charge in [-0.2, -0.15) is 0 Å². The molecule has 0 aromatic rings. The molecule has 0 aliphatic carbocycles.